The molecule has 2 rings (SSSR count). The lowest BCUT2D eigenvalue weighted by Gasteiger charge is -2.28. The third-order valence-electron chi connectivity index (χ3n) is 3.82. The summed E-state index contributed by atoms with van der Waals surface area (Å²) in [6.07, 6.45) is 7.37. The zero-order chi connectivity index (χ0) is 12.3. The van der Waals surface area contributed by atoms with E-state index in [1.807, 2.05) is 0 Å². The third kappa shape index (κ3) is 3.66. The van der Waals surface area contributed by atoms with Crippen LogP contribution in [0.5, 0.6) is 0 Å². The van der Waals surface area contributed by atoms with Crippen molar-refractivity contribution >= 4 is 10.0 Å². The van der Waals surface area contributed by atoms with E-state index in [2.05, 4.69) is 0 Å². The number of nitrogens with zero attached hydrogens (tertiary/aromatic N) is 1. The van der Waals surface area contributed by atoms with E-state index >= 15 is 0 Å². The normalized spacial score (nSPS) is 22.5. The summed E-state index contributed by atoms with van der Waals surface area (Å²) >= 11 is 0. The molecule has 0 spiro atoms. The number of nitrogens with two attached hydrogens (primary N) is 1. The summed E-state index contributed by atoms with van der Waals surface area (Å²) in [4.78, 5) is 0. The van der Waals surface area contributed by atoms with Crippen LogP contribution in [0, 0.1) is 5.92 Å². The average Bonchev–Trinajstić information content (AvgIpc) is 2.92. The van der Waals surface area contributed by atoms with Crippen molar-refractivity contribution in [1.29, 1.82) is 0 Å². The maximum Gasteiger partial charge on any atom is 0.214 e. The molecule has 0 radical (unpaired) electrons. The zero-order valence-corrected chi connectivity index (χ0v) is 11.3. The van der Waals surface area contributed by atoms with Crippen molar-refractivity contribution < 1.29 is 8.42 Å². The quantitative estimate of drug-likeness (QED) is 0.751. The predicted molar refractivity (Wildman–Crippen MR) is 69.1 cm³/mol. The minimum Gasteiger partial charge on any atom is -0.330 e. The summed E-state index contributed by atoms with van der Waals surface area (Å²) in [5.41, 5.74) is 5.51. The smallest absolute Gasteiger partial charge is 0.214 e. The topological polar surface area (TPSA) is 63.4 Å². The Morgan fingerprint density at radius 3 is 2.29 bits per heavy atom. The molecule has 2 saturated carbocycles. The van der Waals surface area contributed by atoms with E-state index in [0.29, 0.717) is 24.8 Å². The molecule has 4 nitrogen and oxygen atoms in total. The Bertz CT molecular complexity index is 332. The maximum absolute atomic E-state index is 12.4. The van der Waals surface area contributed by atoms with Gasteiger partial charge in [-0.1, -0.05) is 12.8 Å². The highest BCUT2D eigenvalue weighted by atomic mass is 32.2. The van der Waals surface area contributed by atoms with Crippen LogP contribution in [0.15, 0.2) is 0 Å². The van der Waals surface area contributed by atoms with Crippen molar-refractivity contribution in [2.45, 2.75) is 51.0 Å². The molecule has 0 aliphatic heterocycles. The van der Waals surface area contributed by atoms with Crippen LogP contribution in [0.25, 0.3) is 0 Å². The predicted octanol–water partition coefficient (Wildman–Crippen LogP) is 1.32. The molecular formula is C12H24N2O2S. The second kappa shape index (κ2) is 5.67. The minimum atomic E-state index is -3.04. The lowest BCUT2D eigenvalue weighted by molar-refractivity contribution is 0.319. The van der Waals surface area contributed by atoms with Gasteiger partial charge in [0.1, 0.15) is 0 Å². The van der Waals surface area contributed by atoms with Crippen molar-refractivity contribution in [3.05, 3.63) is 0 Å². The maximum atomic E-state index is 12.4. The molecule has 0 saturated heterocycles. The van der Waals surface area contributed by atoms with Crippen LogP contribution in [-0.4, -0.2) is 37.6 Å². The van der Waals surface area contributed by atoms with Gasteiger partial charge in [-0.15, -0.1) is 0 Å². The Kier molecular flexibility index (Phi) is 4.44. The van der Waals surface area contributed by atoms with Crippen LogP contribution in [0.1, 0.15) is 44.9 Å². The molecule has 0 aromatic heterocycles. The molecule has 0 unspecified atom stereocenters. The van der Waals surface area contributed by atoms with Gasteiger partial charge < -0.3 is 5.73 Å². The lowest BCUT2D eigenvalue weighted by Crippen LogP contribution is -2.41. The van der Waals surface area contributed by atoms with E-state index < -0.39 is 10.0 Å². The molecule has 0 amide bonds. The molecule has 2 fully saturated rings. The van der Waals surface area contributed by atoms with Crippen LogP contribution in [-0.2, 0) is 10.0 Å². The van der Waals surface area contributed by atoms with Crippen molar-refractivity contribution in [2.24, 2.45) is 11.7 Å². The second-order valence-electron chi connectivity index (χ2n) is 5.41. The van der Waals surface area contributed by atoms with Crippen LogP contribution < -0.4 is 5.73 Å². The summed E-state index contributed by atoms with van der Waals surface area (Å²) in [6, 6.07) is 0.255. The summed E-state index contributed by atoms with van der Waals surface area (Å²) in [6.45, 7) is 1.19. The van der Waals surface area contributed by atoms with Gasteiger partial charge in [-0.2, -0.15) is 4.31 Å². The summed E-state index contributed by atoms with van der Waals surface area (Å²) in [7, 11) is -3.04. The molecule has 0 heterocycles. The van der Waals surface area contributed by atoms with Crippen molar-refractivity contribution in [1.82, 2.24) is 4.31 Å². The SMILES string of the molecule is NCCCN(C1CCCC1)S(=O)(=O)CC1CC1. The first kappa shape index (κ1) is 13.3. The summed E-state index contributed by atoms with van der Waals surface area (Å²) in [5, 5.41) is 0. The molecule has 0 atom stereocenters. The van der Waals surface area contributed by atoms with Crippen molar-refractivity contribution in [2.75, 3.05) is 18.8 Å². The number of sulfonamides is 1. The molecule has 2 aliphatic rings. The van der Waals surface area contributed by atoms with E-state index in [9.17, 15) is 8.42 Å². The van der Waals surface area contributed by atoms with Gasteiger partial charge in [0.15, 0.2) is 0 Å². The molecule has 2 N–H and O–H groups in total. The van der Waals surface area contributed by atoms with Crippen molar-refractivity contribution in [3.8, 4) is 0 Å². The highest BCUT2D eigenvalue weighted by Gasteiger charge is 2.36. The Labute approximate surface area is 105 Å². The molecule has 0 bridgehead atoms. The second-order valence-corrected chi connectivity index (χ2v) is 7.38. The number of hydrogen-bond acceptors (Lipinski definition) is 3. The van der Waals surface area contributed by atoms with E-state index in [1.54, 1.807) is 4.31 Å². The molecule has 0 aromatic carbocycles. The van der Waals surface area contributed by atoms with E-state index in [-0.39, 0.29) is 6.04 Å². The van der Waals surface area contributed by atoms with Crippen LogP contribution in [0.3, 0.4) is 0 Å². The van der Waals surface area contributed by atoms with Gasteiger partial charge in [0, 0.05) is 12.6 Å². The third-order valence-corrected chi connectivity index (χ3v) is 5.90. The molecular weight excluding hydrogens is 236 g/mol. The van der Waals surface area contributed by atoms with Gasteiger partial charge in [0.25, 0.3) is 0 Å². The molecule has 17 heavy (non-hydrogen) atoms. The van der Waals surface area contributed by atoms with Crippen LogP contribution in [0.4, 0.5) is 0 Å². The van der Waals surface area contributed by atoms with E-state index in [4.69, 9.17) is 5.73 Å². The largest absolute Gasteiger partial charge is 0.330 e. The van der Waals surface area contributed by atoms with Gasteiger partial charge in [0.05, 0.1) is 5.75 Å². The van der Waals surface area contributed by atoms with Crippen molar-refractivity contribution in [3.63, 3.8) is 0 Å². The zero-order valence-electron chi connectivity index (χ0n) is 10.5. The number of rotatable bonds is 7. The van der Waals surface area contributed by atoms with Gasteiger partial charge >= 0.3 is 0 Å². The first-order chi connectivity index (χ1) is 8.13. The first-order valence-electron chi connectivity index (χ1n) is 6.83. The summed E-state index contributed by atoms with van der Waals surface area (Å²) in [5.74, 6) is 0.801. The number of hydrogen-bond donors (Lipinski definition) is 1. The molecule has 100 valence electrons. The Balaban J connectivity index is 2.01. The van der Waals surface area contributed by atoms with E-state index in [1.165, 1.54) is 12.8 Å². The van der Waals surface area contributed by atoms with Gasteiger partial charge in [-0.05, 0) is 44.6 Å². The Morgan fingerprint density at radius 1 is 1.12 bits per heavy atom. The first-order valence-corrected chi connectivity index (χ1v) is 8.44. The van der Waals surface area contributed by atoms with Gasteiger partial charge in [0.2, 0.25) is 10.0 Å². The standard InChI is InChI=1S/C12H24N2O2S/c13-8-3-9-14(12-4-1-2-5-12)17(15,16)10-11-6-7-11/h11-12H,1-10,13H2. The van der Waals surface area contributed by atoms with Gasteiger partial charge in [-0.3, -0.25) is 0 Å². The van der Waals surface area contributed by atoms with E-state index in [0.717, 1.165) is 32.1 Å². The Morgan fingerprint density at radius 2 is 1.76 bits per heavy atom. The fourth-order valence-corrected chi connectivity index (χ4v) is 4.86. The highest BCUT2D eigenvalue weighted by molar-refractivity contribution is 7.89. The summed E-state index contributed by atoms with van der Waals surface area (Å²) < 4.78 is 26.5. The molecule has 5 heteroatoms. The highest BCUT2D eigenvalue weighted by Crippen LogP contribution is 2.33. The monoisotopic (exact) mass is 260 g/mol. The fourth-order valence-electron chi connectivity index (χ4n) is 2.67. The lowest BCUT2D eigenvalue weighted by atomic mass is 10.2. The average molecular weight is 260 g/mol. The van der Waals surface area contributed by atoms with Gasteiger partial charge in [-0.25, -0.2) is 8.42 Å². The molecule has 0 aromatic rings. The Hall–Kier alpha value is -0.130. The van der Waals surface area contributed by atoms with Crippen LogP contribution in [0.2, 0.25) is 0 Å². The minimum absolute atomic E-state index is 0.255. The molecule has 2 aliphatic carbocycles. The van der Waals surface area contributed by atoms with Crippen LogP contribution >= 0.6 is 0 Å². The fraction of sp³-hybridized carbons (Fsp3) is 1.00.